The van der Waals surface area contributed by atoms with E-state index < -0.39 is 0 Å². The maximum Gasteiger partial charge on any atom is 0.242 e. The molecule has 0 N–H and O–H groups in total. The van der Waals surface area contributed by atoms with Gasteiger partial charge >= 0.3 is 0 Å². The molecule has 1 spiro atoms. The van der Waals surface area contributed by atoms with Crippen LogP contribution < -0.4 is 0 Å². The maximum absolute atomic E-state index is 12.4. The summed E-state index contributed by atoms with van der Waals surface area (Å²) in [5, 5.41) is 2.82. The molecule has 2 aliphatic heterocycles. The number of aromatic nitrogens is 1. The Balaban J connectivity index is 1.55. The van der Waals surface area contributed by atoms with E-state index >= 15 is 0 Å². The largest absolute Gasteiger partial charge is 0.337 e. The number of hydrogen-bond donors (Lipinski definition) is 0. The third-order valence-corrected chi connectivity index (χ3v) is 5.83. The van der Waals surface area contributed by atoms with Crippen molar-refractivity contribution in [2.45, 2.75) is 25.8 Å². The summed E-state index contributed by atoms with van der Waals surface area (Å²) in [7, 11) is 3.90. The molecule has 7 heteroatoms. The van der Waals surface area contributed by atoms with Gasteiger partial charge in [0.2, 0.25) is 11.8 Å². The molecule has 3 rings (SSSR count). The smallest absolute Gasteiger partial charge is 0.242 e. The van der Waals surface area contributed by atoms with Crippen LogP contribution in [0.15, 0.2) is 11.6 Å². The van der Waals surface area contributed by atoms with Crippen molar-refractivity contribution in [1.82, 2.24) is 19.7 Å². The zero-order valence-corrected chi connectivity index (χ0v) is 14.6. The molecule has 6 nitrogen and oxygen atoms in total. The molecule has 0 atom stereocenters. The zero-order valence-electron chi connectivity index (χ0n) is 13.8. The van der Waals surface area contributed by atoms with Gasteiger partial charge < -0.3 is 14.7 Å². The minimum atomic E-state index is -0.0153. The van der Waals surface area contributed by atoms with Gasteiger partial charge in [-0.15, -0.1) is 11.3 Å². The van der Waals surface area contributed by atoms with Crippen LogP contribution in [0, 0.1) is 5.41 Å². The van der Waals surface area contributed by atoms with Crippen LogP contribution in [0.25, 0.3) is 0 Å². The molecule has 0 unspecified atom stereocenters. The highest BCUT2D eigenvalue weighted by atomic mass is 32.1. The second-order valence-corrected chi connectivity index (χ2v) is 7.88. The van der Waals surface area contributed by atoms with Crippen LogP contribution in [-0.2, 0) is 16.1 Å². The lowest BCUT2D eigenvalue weighted by molar-refractivity contribution is -0.137. The molecular formula is C16H24N4O2S. The van der Waals surface area contributed by atoms with Crippen LogP contribution >= 0.6 is 11.3 Å². The summed E-state index contributed by atoms with van der Waals surface area (Å²) < 4.78 is 0. The molecule has 2 aliphatic rings. The van der Waals surface area contributed by atoms with Crippen LogP contribution in [0.2, 0.25) is 0 Å². The summed E-state index contributed by atoms with van der Waals surface area (Å²) in [5.74, 6) is 0.115. The average molecular weight is 336 g/mol. The Morgan fingerprint density at radius 3 is 2.83 bits per heavy atom. The topological polar surface area (TPSA) is 56.8 Å². The number of thiazole rings is 1. The van der Waals surface area contributed by atoms with E-state index in [0.717, 1.165) is 37.5 Å². The van der Waals surface area contributed by atoms with Crippen LogP contribution in [0.1, 0.15) is 24.3 Å². The number of likely N-dealkylation sites (tertiary alicyclic amines) is 2. The number of amides is 2. The van der Waals surface area contributed by atoms with E-state index in [9.17, 15) is 9.59 Å². The summed E-state index contributed by atoms with van der Waals surface area (Å²) in [5.41, 5.74) is 0.0950. The van der Waals surface area contributed by atoms with Crippen molar-refractivity contribution in [2.24, 2.45) is 5.41 Å². The van der Waals surface area contributed by atoms with Crippen LogP contribution in [0.3, 0.4) is 0 Å². The van der Waals surface area contributed by atoms with Gasteiger partial charge in [0.1, 0.15) is 5.01 Å². The van der Waals surface area contributed by atoms with E-state index in [0.29, 0.717) is 13.0 Å². The minimum absolute atomic E-state index is 0.0153. The predicted molar refractivity (Wildman–Crippen MR) is 88.9 cm³/mol. The molecular weight excluding hydrogens is 312 g/mol. The Labute approximate surface area is 141 Å². The van der Waals surface area contributed by atoms with Gasteiger partial charge in [-0.25, -0.2) is 4.98 Å². The van der Waals surface area contributed by atoms with Gasteiger partial charge in [0.05, 0.1) is 13.1 Å². The van der Waals surface area contributed by atoms with Gasteiger partial charge in [-0.3, -0.25) is 9.59 Å². The zero-order chi connectivity index (χ0) is 16.4. The van der Waals surface area contributed by atoms with Crippen LogP contribution in [0.5, 0.6) is 0 Å². The van der Waals surface area contributed by atoms with E-state index in [1.54, 1.807) is 23.0 Å². The first-order valence-electron chi connectivity index (χ1n) is 8.06. The SMILES string of the molecule is CN1CCC2(CC1)CC(=O)N(CC(=O)N(C)Cc1nccs1)C2. The summed E-state index contributed by atoms with van der Waals surface area (Å²) >= 11 is 1.54. The highest BCUT2D eigenvalue weighted by Crippen LogP contribution is 2.40. The second-order valence-electron chi connectivity index (χ2n) is 6.91. The number of rotatable bonds is 4. The number of likely N-dealkylation sites (N-methyl/N-ethyl adjacent to an activating group) is 1. The molecule has 0 aromatic carbocycles. The second kappa shape index (κ2) is 6.57. The molecule has 1 aromatic heterocycles. The highest BCUT2D eigenvalue weighted by molar-refractivity contribution is 7.09. The van der Waals surface area contributed by atoms with Gasteiger partial charge in [0.15, 0.2) is 0 Å². The number of carbonyl (C=O) groups excluding carboxylic acids is 2. The quantitative estimate of drug-likeness (QED) is 0.825. The number of hydrogen-bond acceptors (Lipinski definition) is 5. The first-order chi connectivity index (χ1) is 11.0. The van der Waals surface area contributed by atoms with Crippen LogP contribution in [-0.4, -0.2) is 71.8 Å². The molecule has 2 amide bonds. The monoisotopic (exact) mass is 336 g/mol. The Morgan fingerprint density at radius 1 is 1.43 bits per heavy atom. The minimum Gasteiger partial charge on any atom is -0.337 e. The third-order valence-electron chi connectivity index (χ3n) is 5.06. The summed E-state index contributed by atoms with van der Waals surface area (Å²) in [6, 6.07) is 0. The van der Waals surface area contributed by atoms with Crippen molar-refractivity contribution in [3.8, 4) is 0 Å². The summed E-state index contributed by atoms with van der Waals surface area (Å²) in [6.07, 6.45) is 4.44. The molecule has 0 bridgehead atoms. The van der Waals surface area contributed by atoms with E-state index in [-0.39, 0.29) is 23.8 Å². The van der Waals surface area contributed by atoms with Gasteiger partial charge in [-0.05, 0) is 38.4 Å². The van der Waals surface area contributed by atoms with Crippen LogP contribution in [0.4, 0.5) is 0 Å². The van der Waals surface area contributed by atoms with E-state index in [2.05, 4.69) is 16.9 Å². The van der Waals surface area contributed by atoms with Gasteiger partial charge in [-0.2, -0.15) is 0 Å². The predicted octanol–water partition coefficient (Wildman–Crippen LogP) is 1.05. The molecule has 0 aliphatic carbocycles. The summed E-state index contributed by atoms with van der Waals surface area (Å²) in [4.78, 5) is 34.7. The van der Waals surface area contributed by atoms with Crippen molar-refractivity contribution in [1.29, 1.82) is 0 Å². The van der Waals surface area contributed by atoms with Crippen molar-refractivity contribution in [2.75, 3.05) is 40.3 Å². The number of piperidine rings is 1. The Hall–Kier alpha value is -1.47. The first-order valence-corrected chi connectivity index (χ1v) is 8.94. The molecule has 23 heavy (non-hydrogen) atoms. The van der Waals surface area contributed by atoms with Gasteiger partial charge in [0, 0.05) is 31.6 Å². The lowest BCUT2D eigenvalue weighted by Gasteiger charge is -2.37. The van der Waals surface area contributed by atoms with Crippen molar-refractivity contribution >= 4 is 23.2 Å². The van der Waals surface area contributed by atoms with E-state index in [4.69, 9.17) is 0 Å². The molecule has 126 valence electrons. The normalized spacial score (nSPS) is 21.1. The molecule has 1 aromatic rings. The Kier molecular flexibility index (Phi) is 4.68. The number of nitrogens with zero attached hydrogens (tertiary/aromatic N) is 4. The Bertz CT molecular complexity index is 567. The van der Waals surface area contributed by atoms with Gasteiger partial charge in [0.25, 0.3) is 0 Å². The molecule has 0 radical (unpaired) electrons. The van der Waals surface area contributed by atoms with Crippen molar-refractivity contribution < 1.29 is 9.59 Å². The molecule has 0 saturated carbocycles. The first kappa shape index (κ1) is 16.4. The molecule has 2 fully saturated rings. The lowest BCUT2D eigenvalue weighted by Crippen LogP contribution is -2.42. The fourth-order valence-electron chi connectivity index (χ4n) is 3.46. The number of carbonyl (C=O) groups is 2. The fraction of sp³-hybridized carbons (Fsp3) is 0.688. The summed E-state index contributed by atoms with van der Waals surface area (Å²) in [6.45, 7) is 3.52. The van der Waals surface area contributed by atoms with Gasteiger partial charge in [-0.1, -0.05) is 0 Å². The standard InChI is InChI=1S/C16H24N4O2S/c1-18-6-3-16(4-7-18)9-14(21)20(12-16)11-15(22)19(2)10-13-17-5-8-23-13/h5,8H,3-4,6-7,9-12H2,1-2H3. The molecule has 2 saturated heterocycles. The maximum atomic E-state index is 12.4. The lowest BCUT2D eigenvalue weighted by atomic mass is 9.78. The molecule has 3 heterocycles. The fourth-order valence-corrected chi connectivity index (χ4v) is 4.13. The van der Waals surface area contributed by atoms with E-state index in [1.165, 1.54) is 11.3 Å². The Morgan fingerprint density at radius 2 is 2.17 bits per heavy atom. The van der Waals surface area contributed by atoms with E-state index in [1.807, 2.05) is 5.38 Å². The van der Waals surface area contributed by atoms with Crippen molar-refractivity contribution in [3.05, 3.63) is 16.6 Å². The highest BCUT2D eigenvalue weighted by Gasteiger charge is 2.44. The van der Waals surface area contributed by atoms with Crippen molar-refractivity contribution in [3.63, 3.8) is 0 Å². The third kappa shape index (κ3) is 3.72. The average Bonchev–Trinajstić information content (AvgIpc) is 3.12.